The van der Waals surface area contributed by atoms with E-state index in [1.165, 1.54) is 32.1 Å². The Kier molecular flexibility index (Phi) is 6.11. The van der Waals surface area contributed by atoms with E-state index in [4.69, 9.17) is 4.74 Å². The Labute approximate surface area is 116 Å². The van der Waals surface area contributed by atoms with Crippen molar-refractivity contribution >= 4 is 5.91 Å². The highest BCUT2D eigenvalue weighted by Crippen LogP contribution is 2.24. The summed E-state index contributed by atoms with van der Waals surface area (Å²) in [7, 11) is 0. The molecule has 1 aliphatic heterocycles. The Morgan fingerprint density at radius 1 is 1.32 bits per heavy atom. The van der Waals surface area contributed by atoms with Crippen LogP contribution in [-0.2, 0) is 9.53 Å². The summed E-state index contributed by atoms with van der Waals surface area (Å²) in [5.74, 6) is 0.903. The van der Waals surface area contributed by atoms with Crippen molar-refractivity contribution in [2.24, 2.45) is 5.92 Å². The number of amides is 1. The summed E-state index contributed by atoms with van der Waals surface area (Å²) in [6, 6.07) is 0. The molecule has 110 valence electrons. The molecule has 0 radical (unpaired) electrons. The van der Waals surface area contributed by atoms with Gasteiger partial charge in [-0.3, -0.25) is 4.79 Å². The van der Waals surface area contributed by atoms with Gasteiger partial charge in [-0.05, 0) is 25.2 Å². The normalized spacial score (nSPS) is 25.2. The first kappa shape index (κ1) is 14.8. The van der Waals surface area contributed by atoms with E-state index in [1.807, 2.05) is 4.90 Å². The zero-order valence-corrected chi connectivity index (χ0v) is 12.2. The molecule has 19 heavy (non-hydrogen) atoms. The van der Waals surface area contributed by atoms with E-state index in [0.717, 1.165) is 26.1 Å². The van der Waals surface area contributed by atoms with Gasteiger partial charge in [-0.2, -0.15) is 0 Å². The van der Waals surface area contributed by atoms with Crippen LogP contribution in [0.25, 0.3) is 0 Å². The number of nitrogens with one attached hydrogen (secondary N) is 1. The fourth-order valence-corrected chi connectivity index (χ4v) is 3.17. The van der Waals surface area contributed by atoms with Crippen LogP contribution in [0.3, 0.4) is 0 Å². The fourth-order valence-electron chi connectivity index (χ4n) is 3.17. The van der Waals surface area contributed by atoms with Gasteiger partial charge in [0.2, 0.25) is 0 Å². The maximum absolute atomic E-state index is 12.5. The van der Waals surface area contributed by atoms with Gasteiger partial charge in [-0.15, -0.1) is 0 Å². The van der Waals surface area contributed by atoms with Gasteiger partial charge in [0, 0.05) is 26.2 Å². The average Bonchev–Trinajstić information content (AvgIpc) is 2.48. The lowest BCUT2D eigenvalue weighted by Gasteiger charge is -2.33. The molecule has 4 nitrogen and oxygen atoms in total. The summed E-state index contributed by atoms with van der Waals surface area (Å²) in [5.41, 5.74) is 0. The van der Waals surface area contributed by atoms with Crippen LogP contribution < -0.4 is 5.32 Å². The van der Waals surface area contributed by atoms with Gasteiger partial charge in [0.05, 0.1) is 6.61 Å². The highest BCUT2D eigenvalue weighted by atomic mass is 16.5. The second-order valence-corrected chi connectivity index (χ2v) is 5.85. The number of rotatable bonds is 5. The van der Waals surface area contributed by atoms with Crippen molar-refractivity contribution in [1.82, 2.24) is 10.2 Å². The van der Waals surface area contributed by atoms with Gasteiger partial charge in [-0.25, -0.2) is 0 Å². The lowest BCUT2D eigenvalue weighted by atomic mass is 9.89. The maximum atomic E-state index is 12.5. The van der Waals surface area contributed by atoms with E-state index in [0.29, 0.717) is 19.1 Å². The molecule has 0 aromatic rings. The van der Waals surface area contributed by atoms with Gasteiger partial charge in [0.25, 0.3) is 5.91 Å². The number of carbonyl (C=O) groups excluding carboxylic acids is 1. The van der Waals surface area contributed by atoms with E-state index in [9.17, 15) is 4.79 Å². The summed E-state index contributed by atoms with van der Waals surface area (Å²) in [6.07, 6.45) is 7.38. The highest BCUT2D eigenvalue weighted by molar-refractivity contribution is 5.81. The molecule has 2 aliphatic rings. The Balaban J connectivity index is 1.87. The number of hydrogen-bond acceptors (Lipinski definition) is 3. The van der Waals surface area contributed by atoms with Crippen molar-refractivity contribution in [2.75, 3.05) is 32.8 Å². The summed E-state index contributed by atoms with van der Waals surface area (Å²) in [6.45, 7) is 6.13. The first-order valence-electron chi connectivity index (χ1n) is 7.92. The van der Waals surface area contributed by atoms with E-state index in [1.54, 1.807) is 0 Å². The number of carbonyl (C=O) groups is 1. The Morgan fingerprint density at radius 2 is 2.11 bits per heavy atom. The first-order chi connectivity index (χ1) is 9.31. The Bertz CT molecular complexity index is 271. The number of ether oxygens (including phenoxy) is 1. The van der Waals surface area contributed by atoms with Gasteiger partial charge < -0.3 is 15.0 Å². The summed E-state index contributed by atoms with van der Waals surface area (Å²) in [4.78, 5) is 14.6. The average molecular weight is 268 g/mol. The lowest BCUT2D eigenvalue weighted by Crippen LogP contribution is -2.50. The van der Waals surface area contributed by atoms with Crippen molar-refractivity contribution in [1.29, 1.82) is 0 Å². The smallest absolute Gasteiger partial charge is 0.253 e. The molecule has 1 saturated carbocycles. The van der Waals surface area contributed by atoms with Crippen LogP contribution >= 0.6 is 0 Å². The minimum absolute atomic E-state index is 0.194. The Morgan fingerprint density at radius 3 is 2.74 bits per heavy atom. The molecular weight excluding hydrogens is 240 g/mol. The Hall–Kier alpha value is -0.610. The van der Waals surface area contributed by atoms with E-state index in [2.05, 4.69) is 12.2 Å². The number of morpholine rings is 1. The molecule has 0 aromatic carbocycles. The van der Waals surface area contributed by atoms with Crippen molar-refractivity contribution in [3.8, 4) is 0 Å². The molecule has 0 aromatic heterocycles. The third-order valence-electron chi connectivity index (χ3n) is 4.21. The minimum atomic E-state index is -0.260. The predicted molar refractivity (Wildman–Crippen MR) is 76.1 cm³/mol. The van der Waals surface area contributed by atoms with Crippen molar-refractivity contribution < 1.29 is 9.53 Å². The van der Waals surface area contributed by atoms with Gasteiger partial charge in [0.1, 0.15) is 6.10 Å². The van der Waals surface area contributed by atoms with Crippen LogP contribution in [-0.4, -0.2) is 49.7 Å². The summed E-state index contributed by atoms with van der Waals surface area (Å²) in [5, 5.41) is 3.24. The summed E-state index contributed by atoms with van der Waals surface area (Å²) < 4.78 is 5.60. The molecule has 0 bridgehead atoms. The number of hydrogen-bond donors (Lipinski definition) is 1. The third-order valence-corrected chi connectivity index (χ3v) is 4.21. The standard InChI is InChI=1S/C15H28N2O2/c1-2-9-17(12-13-6-4-3-5-7-13)15(18)14-11-16-8-10-19-14/h13-14,16H,2-12H2,1H3. The molecule has 1 saturated heterocycles. The molecule has 2 rings (SSSR count). The zero-order chi connectivity index (χ0) is 13.5. The third kappa shape index (κ3) is 4.46. The largest absolute Gasteiger partial charge is 0.366 e. The fraction of sp³-hybridized carbons (Fsp3) is 0.933. The minimum Gasteiger partial charge on any atom is -0.366 e. The molecule has 1 atom stereocenters. The van der Waals surface area contributed by atoms with Crippen LogP contribution in [0.5, 0.6) is 0 Å². The maximum Gasteiger partial charge on any atom is 0.253 e. The number of nitrogens with zero attached hydrogens (tertiary/aromatic N) is 1. The molecule has 1 N–H and O–H groups in total. The molecule has 1 heterocycles. The van der Waals surface area contributed by atoms with Crippen molar-refractivity contribution in [2.45, 2.75) is 51.6 Å². The second kappa shape index (κ2) is 7.85. The zero-order valence-electron chi connectivity index (χ0n) is 12.2. The second-order valence-electron chi connectivity index (χ2n) is 5.85. The van der Waals surface area contributed by atoms with Crippen LogP contribution in [0.2, 0.25) is 0 Å². The molecule has 1 unspecified atom stereocenters. The monoisotopic (exact) mass is 268 g/mol. The lowest BCUT2D eigenvalue weighted by molar-refractivity contribution is -0.146. The molecular formula is C15H28N2O2. The van der Waals surface area contributed by atoms with Crippen LogP contribution in [0, 0.1) is 5.92 Å². The van der Waals surface area contributed by atoms with Crippen LogP contribution in [0.1, 0.15) is 45.4 Å². The van der Waals surface area contributed by atoms with Crippen molar-refractivity contribution in [3.63, 3.8) is 0 Å². The highest BCUT2D eigenvalue weighted by Gasteiger charge is 2.28. The van der Waals surface area contributed by atoms with Crippen LogP contribution in [0.4, 0.5) is 0 Å². The van der Waals surface area contributed by atoms with Gasteiger partial charge in [-0.1, -0.05) is 26.2 Å². The van der Waals surface area contributed by atoms with E-state index >= 15 is 0 Å². The van der Waals surface area contributed by atoms with E-state index in [-0.39, 0.29) is 12.0 Å². The summed E-state index contributed by atoms with van der Waals surface area (Å²) >= 11 is 0. The quantitative estimate of drug-likeness (QED) is 0.826. The molecule has 4 heteroatoms. The van der Waals surface area contributed by atoms with Gasteiger partial charge >= 0.3 is 0 Å². The topological polar surface area (TPSA) is 41.6 Å². The van der Waals surface area contributed by atoms with Gasteiger partial charge in [0.15, 0.2) is 0 Å². The van der Waals surface area contributed by atoms with E-state index < -0.39 is 0 Å². The van der Waals surface area contributed by atoms with Crippen LogP contribution in [0.15, 0.2) is 0 Å². The predicted octanol–water partition coefficient (Wildman–Crippen LogP) is 1.79. The molecule has 1 amide bonds. The SMILES string of the molecule is CCCN(CC1CCCCC1)C(=O)C1CNCCO1. The molecule has 1 aliphatic carbocycles. The molecule has 2 fully saturated rings. The molecule has 0 spiro atoms. The first-order valence-corrected chi connectivity index (χ1v) is 7.92. The van der Waals surface area contributed by atoms with Crippen molar-refractivity contribution in [3.05, 3.63) is 0 Å².